The van der Waals surface area contributed by atoms with Gasteiger partial charge in [-0.15, -0.1) is 0 Å². The van der Waals surface area contributed by atoms with Gasteiger partial charge in [0, 0.05) is 42.3 Å². The van der Waals surface area contributed by atoms with Crippen LogP contribution in [0.2, 0.25) is 0 Å². The fourth-order valence-corrected chi connectivity index (χ4v) is 5.28. The Hall–Kier alpha value is -4.54. The molecule has 9 nitrogen and oxygen atoms in total. The minimum atomic E-state index is -0.386. The molecule has 2 unspecified atom stereocenters. The first-order valence-electron chi connectivity index (χ1n) is 12.7. The fraction of sp³-hybridized carbons (Fsp3) is 0.200. The number of anilines is 2. The first-order valence-corrected chi connectivity index (χ1v) is 13.1. The molecule has 2 N–H and O–H groups in total. The van der Waals surface area contributed by atoms with Gasteiger partial charge in [-0.3, -0.25) is 9.78 Å². The number of nitrogens with one attached hydrogen (secondary N) is 2. The number of amides is 1. The third kappa shape index (κ3) is 5.31. The van der Waals surface area contributed by atoms with Crippen molar-refractivity contribution in [1.82, 2.24) is 14.9 Å². The average molecular weight is 556 g/mol. The van der Waals surface area contributed by atoms with Crippen molar-refractivity contribution in [3.8, 4) is 5.69 Å². The van der Waals surface area contributed by atoms with Gasteiger partial charge in [0.2, 0.25) is 5.91 Å². The molecule has 2 aromatic carbocycles. The van der Waals surface area contributed by atoms with Gasteiger partial charge < -0.3 is 29.6 Å². The zero-order valence-corrected chi connectivity index (χ0v) is 23.1. The molecule has 0 bridgehead atoms. The number of ether oxygens (including phenoxy) is 2. The maximum absolute atomic E-state index is 12.1. The van der Waals surface area contributed by atoms with Crippen LogP contribution in [0.15, 0.2) is 85.2 Å². The number of hydrogen-bond acceptors (Lipinski definition) is 6. The quantitative estimate of drug-likeness (QED) is 0.238. The van der Waals surface area contributed by atoms with Gasteiger partial charge >= 0.3 is 5.97 Å². The predicted octanol–water partition coefficient (Wildman–Crippen LogP) is 4.73. The summed E-state index contributed by atoms with van der Waals surface area (Å²) < 4.78 is 11.9. The number of esters is 1. The van der Waals surface area contributed by atoms with E-state index in [0.717, 1.165) is 28.3 Å². The van der Waals surface area contributed by atoms with Gasteiger partial charge in [0.25, 0.3) is 0 Å². The highest BCUT2D eigenvalue weighted by molar-refractivity contribution is 7.80. The Balaban J connectivity index is 1.57. The van der Waals surface area contributed by atoms with Crippen molar-refractivity contribution in [2.24, 2.45) is 0 Å². The number of aromatic nitrogens is 2. The number of carbonyl (C=O) groups excluding carboxylic acids is 2. The summed E-state index contributed by atoms with van der Waals surface area (Å²) >= 11 is 5.89. The lowest BCUT2D eigenvalue weighted by Crippen LogP contribution is -2.30. The summed E-state index contributed by atoms with van der Waals surface area (Å²) in [5.74, 6) is -0.607. The third-order valence-electron chi connectivity index (χ3n) is 6.79. The van der Waals surface area contributed by atoms with Crippen molar-refractivity contribution < 1.29 is 19.1 Å². The zero-order valence-electron chi connectivity index (χ0n) is 22.3. The second-order valence-electron chi connectivity index (χ2n) is 9.32. The Labute approximate surface area is 237 Å². The van der Waals surface area contributed by atoms with Crippen LogP contribution in [0.25, 0.3) is 5.69 Å². The van der Waals surface area contributed by atoms with Gasteiger partial charge in [0.05, 0.1) is 24.4 Å². The fourth-order valence-electron chi connectivity index (χ4n) is 4.93. The summed E-state index contributed by atoms with van der Waals surface area (Å²) in [5.41, 5.74) is 5.66. The molecule has 0 spiro atoms. The van der Waals surface area contributed by atoms with E-state index in [9.17, 15) is 9.59 Å². The van der Waals surface area contributed by atoms with Gasteiger partial charge in [-0.1, -0.05) is 6.07 Å². The lowest BCUT2D eigenvalue weighted by molar-refractivity contribution is -0.119. The normalized spacial score (nSPS) is 16.5. The second-order valence-corrected chi connectivity index (χ2v) is 9.71. The number of rotatable bonds is 8. The molecule has 0 radical (unpaired) electrons. The maximum Gasteiger partial charge on any atom is 0.337 e. The van der Waals surface area contributed by atoms with Gasteiger partial charge in [0.1, 0.15) is 12.6 Å². The average Bonchev–Trinajstić information content (AvgIpc) is 3.58. The van der Waals surface area contributed by atoms with Gasteiger partial charge in [-0.25, -0.2) is 4.79 Å². The van der Waals surface area contributed by atoms with E-state index >= 15 is 0 Å². The SMILES string of the molecule is COCC(=O)Nc1ccc(N2C(=S)NC(c3ccccn3)C2c2cccn2-c2ccc(C(=O)OC)cc2)cc1C. The molecule has 2 atom stereocenters. The van der Waals surface area contributed by atoms with E-state index in [0.29, 0.717) is 16.4 Å². The van der Waals surface area contributed by atoms with Crippen LogP contribution in [0.4, 0.5) is 11.4 Å². The lowest BCUT2D eigenvalue weighted by Gasteiger charge is -2.29. The predicted molar refractivity (Wildman–Crippen MR) is 157 cm³/mol. The largest absolute Gasteiger partial charge is 0.465 e. The number of thiocarbonyl (C=S) groups is 1. The Kier molecular flexibility index (Phi) is 7.90. The first-order chi connectivity index (χ1) is 19.4. The summed E-state index contributed by atoms with van der Waals surface area (Å²) in [7, 11) is 2.85. The molecule has 1 saturated heterocycles. The van der Waals surface area contributed by atoms with Crippen LogP contribution in [0, 0.1) is 6.92 Å². The summed E-state index contributed by atoms with van der Waals surface area (Å²) in [6.07, 6.45) is 3.75. The van der Waals surface area contributed by atoms with Crippen molar-refractivity contribution in [3.63, 3.8) is 0 Å². The standard InChI is InChI=1S/C30H29N5O4S/c1-19-17-22(13-14-23(19)32-26(36)18-38-2)35-28(27(33-30(35)40)24-7-4-5-15-31-24)25-8-6-16-34(25)21-11-9-20(10-12-21)29(37)39-3/h4-17,27-28H,18H2,1-3H3,(H,32,36)(H,33,40). The highest BCUT2D eigenvalue weighted by atomic mass is 32.1. The molecule has 0 saturated carbocycles. The minimum Gasteiger partial charge on any atom is -0.465 e. The molecule has 2 aromatic heterocycles. The van der Waals surface area contributed by atoms with Crippen LogP contribution in [0.5, 0.6) is 0 Å². The molecule has 4 aromatic rings. The van der Waals surface area contributed by atoms with Crippen molar-refractivity contribution in [2.75, 3.05) is 31.0 Å². The van der Waals surface area contributed by atoms with Crippen molar-refractivity contribution in [3.05, 3.63) is 108 Å². The van der Waals surface area contributed by atoms with E-state index in [-0.39, 0.29) is 30.6 Å². The van der Waals surface area contributed by atoms with Crippen LogP contribution in [0.3, 0.4) is 0 Å². The van der Waals surface area contributed by atoms with E-state index in [4.69, 9.17) is 21.7 Å². The number of nitrogens with zero attached hydrogens (tertiary/aromatic N) is 3. The Bertz CT molecular complexity index is 1540. The number of pyridine rings is 1. The van der Waals surface area contributed by atoms with Crippen LogP contribution in [0.1, 0.15) is 39.4 Å². The first kappa shape index (κ1) is 27.0. The Morgan fingerprint density at radius 2 is 1.80 bits per heavy atom. The van der Waals surface area contributed by atoms with E-state index in [1.807, 2.05) is 67.7 Å². The molecule has 40 heavy (non-hydrogen) atoms. The number of carbonyl (C=O) groups is 2. The number of benzene rings is 2. The number of aryl methyl sites for hydroxylation is 1. The molecular formula is C30H29N5O4S. The van der Waals surface area contributed by atoms with Crippen LogP contribution in [-0.4, -0.2) is 47.4 Å². The molecule has 0 aliphatic carbocycles. The molecule has 204 valence electrons. The van der Waals surface area contributed by atoms with E-state index in [1.54, 1.807) is 18.3 Å². The Morgan fingerprint density at radius 3 is 2.48 bits per heavy atom. The smallest absolute Gasteiger partial charge is 0.337 e. The van der Waals surface area contributed by atoms with E-state index in [2.05, 4.69) is 31.2 Å². The lowest BCUT2D eigenvalue weighted by atomic mass is 10.00. The summed E-state index contributed by atoms with van der Waals surface area (Å²) in [6, 6.07) is 22.5. The van der Waals surface area contributed by atoms with Crippen LogP contribution in [-0.2, 0) is 14.3 Å². The molecule has 1 aliphatic rings. The highest BCUT2D eigenvalue weighted by Gasteiger charge is 2.42. The Morgan fingerprint density at radius 1 is 1.02 bits per heavy atom. The molecule has 5 rings (SSSR count). The van der Waals surface area contributed by atoms with Crippen molar-refractivity contribution in [2.45, 2.75) is 19.0 Å². The maximum atomic E-state index is 12.1. The van der Waals surface area contributed by atoms with Crippen molar-refractivity contribution >= 4 is 40.6 Å². The highest BCUT2D eigenvalue weighted by Crippen LogP contribution is 2.42. The van der Waals surface area contributed by atoms with Crippen LogP contribution < -0.4 is 15.5 Å². The molecular weight excluding hydrogens is 526 g/mol. The van der Waals surface area contributed by atoms with Gasteiger partial charge in [-0.05, 0) is 91.4 Å². The topological polar surface area (TPSA) is 97.7 Å². The monoisotopic (exact) mass is 555 g/mol. The second kappa shape index (κ2) is 11.7. The molecule has 3 heterocycles. The number of methoxy groups -OCH3 is 2. The molecule has 10 heteroatoms. The van der Waals surface area contributed by atoms with E-state index < -0.39 is 0 Å². The summed E-state index contributed by atoms with van der Waals surface area (Å²) in [4.78, 5) is 30.8. The summed E-state index contributed by atoms with van der Waals surface area (Å²) in [6.45, 7) is 1.92. The van der Waals surface area contributed by atoms with Crippen LogP contribution >= 0.6 is 12.2 Å². The summed E-state index contributed by atoms with van der Waals surface area (Å²) in [5, 5.41) is 6.93. The van der Waals surface area contributed by atoms with Gasteiger partial charge in [-0.2, -0.15) is 0 Å². The minimum absolute atomic E-state index is 0.0211. The van der Waals surface area contributed by atoms with E-state index in [1.165, 1.54) is 14.2 Å². The number of hydrogen-bond donors (Lipinski definition) is 2. The molecule has 1 aliphatic heterocycles. The zero-order chi connectivity index (χ0) is 28.2. The third-order valence-corrected chi connectivity index (χ3v) is 7.10. The van der Waals surface area contributed by atoms with Crippen molar-refractivity contribution in [1.29, 1.82) is 0 Å². The van der Waals surface area contributed by atoms with Gasteiger partial charge in [0.15, 0.2) is 5.11 Å². The molecule has 1 amide bonds. The molecule has 1 fully saturated rings.